The molecule has 2 aromatic rings. The molecule has 6 heteroatoms. The quantitative estimate of drug-likeness (QED) is 0.753. The van der Waals surface area contributed by atoms with Gasteiger partial charge >= 0.3 is 5.97 Å². The molecule has 2 rings (SSSR count). The van der Waals surface area contributed by atoms with Crippen LogP contribution in [0.3, 0.4) is 0 Å². The Kier molecular flexibility index (Phi) is 5.65. The second-order valence-electron chi connectivity index (χ2n) is 4.86. The summed E-state index contributed by atoms with van der Waals surface area (Å²) < 4.78 is 0.886. The van der Waals surface area contributed by atoms with E-state index in [1.165, 1.54) is 24.3 Å². The summed E-state index contributed by atoms with van der Waals surface area (Å²) >= 11 is 3.30. The lowest BCUT2D eigenvalue weighted by Gasteiger charge is -2.05. The predicted octanol–water partition coefficient (Wildman–Crippen LogP) is 3.75. The van der Waals surface area contributed by atoms with Crippen molar-refractivity contribution in [2.24, 2.45) is 0 Å². The van der Waals surface area contributed by atoms with Crippen LogP contribution in [0.1, 0.15) is 33.6 Å². The van der Waals surface area contributed by atoms with Gasteiger partial charge in [0.2, 0.25) is 5.91 Å². The summed E-state index contributed by atoms with van der Waals surface area (Å²) in [6, 6.07) is 12.8. The minimum atomic E-state index is -1.03. The van der Waals surface area contributed by atoms with E-state index in [0.29, 0.717) is 11.3 Å². The molecule has 118 valence electrons. The second kappa shape index (κ2) is 7.69. The van der Waals surface area contributed by atoms with Crippen LogP contribution in [0.4, 0.5) is 5.69 Å². The fourth-order valence-electron chi connectivity index (χ4n) is 1.93. The number of Topliss-reactive ketones (excluding diaryl/α,β-unsaturated/α-hetero) is 1. The number of carboxylic acids is 1. The van der Waals surface area contributed by atoms with E-state index in [0.717, 1.165) is 4.47 Å². The van der Waals surface area contributed by atoms with Gasteiger partial charge in [-0.1, -0.05) is 28.1 Å². The molecule has 0 heterocycles. The van der Waals surface area contributed by atoms with Crippen LogP contribution in [0.25, 0.3) is 0 Å². The van der Waals surface area contributed by atoms with Crippen LogP contribution in [0, 0.1) is 0 Å². The van der Waals surface area contributed by atoms with Gasteiger partial charge < -0.3 is 10.4 Å². The number of rotatable bonds is 6. The molecule has 5 nitrogen and oxygen atoms in total. The van der Waals surface area contributed by atoms with Gasteiger partial charge in [0.25, 0.3) is 0 Å². The van der Waals surface area contributed by atoms with Gasteiger partial charge in [-0.15, -0.1) is 0 Å². The lowest BCUT2D eigenvalue weighted by molar-refractivity contribution is -0.116. The highest BCUT2D eigenvalue weighted by molar-refractivity contribution is 9.10. The summed E-state index contributed by atoms with van der Waals surface area (Å²) in [5, 5.41) is 11.4. The molecule has 23 heavy (non-hydrogen) atoms. The maximum absolute atomic E-state index is 12.0. The van der Waals surface area contributed by atoms with Crippen molar-refractivity contribution in [3.05, 3.63) is 64.1 Å². The zero-order chi connectivity index (χ0) is 16.8. The van der Waals surface area contributed by atoms with E-state index in [9.17, 15) is 14.4 Å². The molecule has 0 aliphatic carbocycles. The van der Waals surface area contributed by atoms with E-state index in [1.807, 2.05) is 0 Å². The molecule has 0 aliphatic rings. The first-order valence-corrected chi connectivity index (χ1v) is 7.67. The molecule has 0 aliphatic heterocycles. The maximum atomic E-state index is 12.0. The number of ketones is 1. The normalized spacial score (nSPS) is 10.1. The zero-order valence-corrected chi connectivity index (χ0v) is 13.7. The molecule has 1 amide bonds. The summed E-state index contributed by atoms with van der Waals surface area (Å²) in [5.74, 6) is -1.42. The topological polar surface area (TPSA) is 83.5 Å². The van der Waals surface area contributed by atoms with Crippen molar-refractivity contribution in [3.63, 3.8) is 0 Å². The highest BCUT2D eigenvalue weighted by atomic mass is 79.9. The fraction of sp³-hybridized carbons (Fsp3) is 0.118. The average molecular weight is 376 g/mol. The van der Waals surface area contributed by atoms with Crippen molar-refractivity contribution in [1.29, 1.82) is 0 Å². The third kappa shape index (κ3) is 5.03. The number of carboxylic acid groups (broad SMARTS) is 1. The standard InChI is InChI=1S/C17H14BrNO4/c18-13-5-1-11(2-6-13)15(20)9-10-16(21)19-14-7-3-12(4-8-14)17(22)23/h1-8H,9-10H2,(H,19,21)(H,22,23). The first kappa shape index (κ1) is 16.9. The second-order valence-corrected chi connectivity index (χ2v) is 5.78. The van der Waals surface area contributed by atoms with Crippen LogP contribution in [0.15, 0.2) is 53.0 Å². The molecule has 0 bridgehead atoms. The van der Waals surface area contributed by atoms with Crippen molar-refractivity contribution < 1.29 is 19.5 Å². The number of carbonyl (C=O) groups is 3. The molecule has 0 saturated heterocycles. The first-order valence-electron chi connectivity index (χ1n) is 6.87. The highest BCUT2D eigenvalue weighted by Crippen LogP contribution is 2.14. The number of hydrogen-bond acceptors (Lipinski definition) is 3. The van der Waals surface area contributed by atoms with E-state index >= 15 is 0 Å². The van der Waals surface area contributed by atoms with Gasteiger partial charge in [-0.2, -0.15) is 0 Å². The Bertz CT molecular complexity index is 723. The molecule has 0 saturated carbocycles. The molecule has 0 unspecified atom stereocenters. The minimum Gasteiger partial charge on any atom is -0.478 e. The first-order chi connectivity index (χ1) is 11.0. The van der Waals surface area contributed by atoms with Crippen molar-refractivity contribution in [3.8, 4) is 0 Å². The lowest BCUT2D eigenvalue weighted by Crippen LogP contribution is -2.13. The number of benzene rings is 2. The lowest BCUT2D eigenvalue weighted by atomic mass is 10.1. The van der Waals surface area contributed by atoms with Gasteiger partial charge in [-0.05, 0) is 36.4 Å². The van der Waals surface area contributed by atoms with E-state index in [-0.39, 0.29) is 30.1 Å². The van der Waals surface area contributed by atoms with Crippen LogP contribution < -0.4 is 5.32 Å². The Morgan fingerprint density at radius 3 is 2.00 bits per heavy atom. The summed E-state index contributed by atoms with van der Waals surface area (Å²) in [6.45, 7) is 0. The van der Waals surface area contributed by atoms with Gasteiger partial charge in [0.05, 0.1) is 5.56 Å². The van der Waals surface area contributed by atoms with Crippen molar-refractivity contribution in [2.75, 3.05) is 5.32 Å². The number of amides is 1. The van der Waals surface area contributed by atoms with E-state index in [2.05, 4.69) is 21.2 Å². The largest absolute Gasteiger partial charge is 0.478 e. The Hall–Kier alpha value is -2.47. The highest BCUT2D eigenvalue weighted by Gasteiger charge is 2.10. The van der Waals surface area contributed by atoms with Crippen LogP contribution >= 0.6 is 15.9 Å². The van der Waals surface area contributed by atoms with Gasteiger partial charge in [0.1, 0.15) is 0 Å². The zero-order valence-electron chi connectivity index (χ0n) is 12.1. The van der Waals surface area contributed by atoms with Gasteiger partial charge in [-0.25, -0.2) is 4.79 Å². The van der Waals surface area contributed by atoms with E-state index in [1.54, 1.807) is 24.3 Å². The molecule has 0 spiro atoms. The van der Waals surface area contributed by atoms with Crippen LogP contribution in [-0.2, 0) is 4.79 Å². The molecule has 2 aromatic carbocycles. The van der Waals surface area contributed by atoms with Crippen LogP contribution in [0.5, 0.6) is 0 Å². The Morgan fingerprint density at radius 2 is 1.43 bits per heavy atom. The number of carbonyl (C=O) groups excluding carboxylic acids is 2. The summed E-state index contributed by atoms with van der Waals surface area (Å²) in [5.41, 5.74) is 1.20. The molecular weight excluding hydrogens is 362 g/mol. The Labute approximate surface area is 141 Å². The smallest absolute Gasteiger partial charge is 0.335 e. The van der Waals surface area contributed by atoms with Crippen LogP contribution in [-0.4, -0.2) is 22.8 Å². The molecule has 0 aromatic heterocycles. The molecule has 2 N–H and O–H groups in total. The molecule has 0 fully saturated rings. The monoisotopic (exact) mass is 375 g/mol. The number of anilines is 1. The number of aromatic carboxylic acids is 1. The van der Waals surface area contributed by atoms with Crippen molar-refractivity contribution >= 4 is 39.3 Å². The SMILES string of the molecule is O=C(CCC(=O)c1ccc(Br)cc1)Nc1ccc(C(=O)O)cc1. The third-order valence-corrected chi connectivity index (χ3v) is 3.69. The third-order valence-electron chi connectivity index (χ3n) is 3.16. The Morgan fingerprint density at radius 1 is 0.870 bits per heavy atom. The van der Waals surface area contributed by atoms with Crippen LogP contribution in [0.2, 0.25) is 0 Å². The predicted molar refractivity (Wildman–Crippen MR) is 89.7 cm³/mol. The summed E-state index contributed by atoms with van der Waals surface area (Å²) in [6.07, 6.45) is 0.177. The summed E-state index contributed by atoms with van der Waals surface area (Å²) in [7, 11) is 0. The maximum Gasteiger partial charge on any atom is 0.335 e. The van der Waals surface area contributed by atoms with E-state index in [4.69, 9.17) is 5.11 Å². The van der Waals surface area contributed by atoms with E-state index < -0.39 is 5.97 Å². The number of halogens is 1. The van der Waals surface area contributed by atoms with Gasteiger partial charge in [0, 0.05) is 28.6 Å². The number of nitrogens with one attached hydrogen (secondary N) is 1. The average Bonchev–Trinajstić information content (AvgIpc) is 2.54. The number of hydrogen-bond donors (Lipinski definition) is 2. The van der Waals surface area contributed by atoms with Crippen molar-refractivity contribution in [2.45, 2.75) is 12.8 Å². The van der Waals surface area contributed by atoms with Gasteiger partial charge in [0.15, 0.2) is 5.78 Å². The molecule has 0 radical (unpaired) electrons. The Balaban J connectivity index is 1.86. The summed E-state index contributed by atoms with van der Waals surface area (Å²) in [4.78, 5) is 34.5. The van der Waals surface area contributed by atoms with Gasteiger partial charge in [-0.3, -0.25) is 9.59 Å². The molecule has 0 atom stereocenters. The minimum absolute atomic E-state index is 0.0651. The molecular formula is C17H14BrNO4. The fourth-order valence-corrected chi connectivity index (χ4v) is 2.19. The van der Waals surface area contributed by atoms with Crippen molar-refractivity contribution in [1.82, 2.24) is 0 Å².